The molecule has 1 atom stereocenters. The lowest BCUT2D eigenvalue weighted by atomic mass is 9.96. The van der Waals surface area contributed by atoms with Gasteiger partial charge in [0, 0.05) is 28.1 Å². The first-order chi connectivity index (χ1) is 15.7. The first kappa shape index (κ1) is 22.1. The number of nitrogens with zero attached hydrogens (tertiary/aromatic N) is 1. The number of hydrogen-bond acceptors (Lipinski definition) is 5. The van der Waals surface area contributed by atoms with Crippen LogP contribution in [0.25, 0.3) is 11.1 Å². The van der Waals surface area contributed by atoms with E-state index in [4.69, 9.17) is 0 Å². The van der Waals surface area contributed by atoms with Crippen LogP contribution in [-0.4, -0.2) is 27.2 Å². The number of fused-ring (bicyclic) bond motifs is 3. The van der Waals surface area contributed by atoms with Gasteiger partial charge >= 0.3 is 0 Å². The Morgan fingerprint density at radius 1 is 0.812 bits per heavy atom. The molecule has 2 saturated carbocycles. The number of rotatable bonds is 6. The maximum atomic E-state index is 13.0. The fraction of sp³-hybridized carbons (Fsp3) is 0.480. The predicted molar refractivity (Wildman–Crippen MR) is 132 cm³/mol. The van der Waals surface area contributed by atoms with Crippen LogP contribution in [0.15, 0.2) is 51.3 Å². The maximum Gasteiger partial charge on any atom is 0.125 e. The molecule has 0 heterocycles. The zero-order valence-corrected chi connectivity index (χ0v) is 19.9. The first-order valence-corrected chi connectivity index (χ1v) is 13.8. The van der Waals surface area contributed by atoms with Crippen LogP contribution in [-0.2, 0) is 11.0 Å². The van der Waals surface area contributed by atoms with Gasteiger partial charge in [0.1, 0.15) is 16.7 Å². The number of benzene rings is 2. The highest BCUT2D eigenvalue weighted by Gasteiger charge is 2.27. The summed E-state index contributed by atoms with van der Waals surface area (Å²) in [5.41, 5.74) is 4.43. The lowest BCUT2D eigenvalue weighted by Crippen LogP contribution is -2.32. The van der Waals surface area contributed by atoms with Gasteiger partial charge in [-0.25, -0.2) is 8.93 Å². The second-order valence-electron chi connectivity index (χ2n) is 9.14. The van der Waals surface area contributed by atoms with Gasteiger partial charge in [0.2, 0.25) is 0 Å². The highest BCUT2D eigenvalue weighted by atomic mass is 32.2. The third kappa shape index (κ3) is 4.67. The van der Waals surface area contributed by atoms with Crippen molar-refractivity contribution in [1.82, 2.24) is 9.44 Å². The van der Waals surface area contributed by atoms with Crippen LogP contribution in [0.5, 0.6) is 0 Å². The highest BCUT2D eigenvalue weighted by Crippen LogP contribution is 2.39. The molecule has 0 amide bonds. The van der Waals surface area contributed by atoms with Crippen LogP contribution >= 0.6 is 11.9 Å². The average Bonchev–Trinajstić information content (AvgIpc) is 3.16. The molecule has 0 bridgehead atoms. The molecule has 1 unspecified atom stereocenters. The lowest BCUT2D eigenvalue weighted by molar-refractivity contribution is 0.320. The summed E-state index contributed by atoms with van der Waals surface area (Å²) >= 11 is 1.67. The Hall–Kier alpha value is -1.67. The smallest absolute Gasteiger partial charge is 0.125 e. The van der Waals surface area contributed by atoms with Crippen molar-refractivity contribution >= 4 is 28.6 Å². The van der Waals surface area contributed by atoms with Crippen LogP contribution in [0.2, 0.25) is 0 Å². The molecule has 0 spiro atoms. The summed E-state index contributed by atoms with van der Waals surface area (Å²) in [5, 5.41) is 13.5. The van der Waals surface area contributed by atoms with Gasteiger partial charge in [0.25, 0.3) is 0 Å². The Morgan fingerprint density at radius 2 is 1.44 bits per heavy atom. The molecule has 7 heteroatoms. The third-order valence-corrected chi connectivity index (χ3v) is 9.09. The Kier molecular flexibility index (Phi) is 6.97. The van der Waals surface area contributed by atoms with Gasteiger partial charge in [0.15, 0.2) is 0 Å². The number of nitrogens with one attached hydrogen (secondary N) is 2. The van der Waals surface area contributed by atoms with Crippen molar-refractivity contribution in [1.29, 1.82) is 0 Å². The van der Waals surface area contributed by atoms with Gasteiger partial charge in [-0.2, -0.15) is 0 Å². The summed E-state index contributed by atoms with van der Waals surface area (Å²) in [6.45, 7) is 0. The topological polar surface area (TPSA) is 73.7 Å². The van der Waals surface area contributed by atoms with Crippen molar-refractivity contribution in [2.75, 3.05) is 0 Å². The van der Waals surface area contributed by atoms with Gasteiger partial charge in [0.05, 0.1) is 4.90 Å². The van der Waals surface area contributed by atoms with E-state index < -0.39 is 11.0 Å². The van der Waals surface area contributed by atoms with Crippen molar-refractivity contribution in [3.8, 4) is 11.1 Å². The molecule has 2 aromatic rings. The second kappa shape index (κ2) is 10.1. The largest absolute Gasteiger partial charge is 0.410 e. The molecule has 0 aromatic heterocycles. The molecule has 170 valence electrons. The molecule has 3 N–H and O–H groups in total. The summed E-state index contributed by atoms with van der Waals surface area (Å²) in [6, 6.07) is 13.1. The quantitative estimate of drug-likeness (QED) is 0.243. The monoisotopic (exact) mass is 469 g/mol. The predicted octanol–water partition coefficient (Wildman–Crippen LogP) is 5.77. The van der Waals surface area contributed by atoms with Gasteiger partial charge in [-0.3, -0.25) is 4.72 Å². The van der Waals surface area contributed by atoms with Gasteiger partial charge in [-0.15, -0.1) is 0 Å². The molecule has 2 fully saturated rings. The molecule has 32 heavy (non-hydrogen) atoms. The molecule has 2 aromatic carbocycles. The minimum atomic E-state index is -1.27. The standard InChI is InChI=1S/C25H31N3O2S2/c29-26-25-23-15-19(31-27-17-7-3-1-4-8-17)11-13-21(23)22-14-12-20(16-24(22)25)32(30)28-18-9-5-2-6-10-18/h11-18,27-29H,1-10H2/b26-25+. The zero-order chi connectivity index (χ0) is 21.9. The van der Waals surface area contributed by atoms with E-state index in [0.717, 1.165) is 44.9 Å². The van der Waals surface area contributed by atoms with Crippen LogP contribution in [0.3, 0.4) is 0 Å². The Balaban J connectivity index is 1.34. The van der Waals surface area contributed by atoms with E-state index in [1.54, 1.807) is 11.9 Å². The molecular weight excluding hydrogens is 438 g/mol. The fourth-order valence-corrected chi connectivity index (χ4v) is 7.09. The minimum absolute atomic E-state index is 0.317. The van der Waals surface area contributed by atoms with Gasteiger partial charge < -0.3 is 5.21 Å². The molecule has 0 saturated heterocycles. The van der Waals surface area contributed by atoms with Gasteiger partial charge in [-0.05, 0) is 73.0 Å². The second-order valence-corrected chi connectivity index (χ2v) is 11.3. The van der Waals surface area contributed by atoms with Crippen molar-refractivity contribution in [3.63, 3.8) is 0 Å². The minimum Gasteiger partial charge on any atom is -0.410 e. The molecule has 5 rings (SSSR count). The SMILES string of the molecule is O=S(NC1CCCCC1)c1ccc2c(c1)/C(=N/O)c1cc(SNC3CCCCC3)ccc1-2. The van der Waals surface area contributed by atoms with Gasteiger partial charge in [-0.1, -0.05) is 55.8 Å². The summed E-state index contributed by atoms with van der Waals surface area (Å²) in [7, 11) is -1.27. The molecular formula is C25H31N3O2S2. The summed E-state index contributed by atoms with van der Waals surface area (Å²) in [5.74, 6) is 0. The van der Waals surface area contributed by atoms with E-state index in [1.165, 1.54) is 51.4 Å². The van der Waals surface area contributed by atoms with E-state index in [1.807, 2.05) is 18.2 Å². The van der Waals surface area contributed by atoms with Crippen molar-refractivity contribution < 1.29 is 9.42 Å². The van der Waals surface area contributed by atoms with E-state index in [0.29, 0.717) is 17.8 Å². The van der Waals surface area contributed by atoms with Crippen molar-refractivity contribution in [3.05, 3.63) is 47.5 Å². The Morgan fingerprint density at radius 3 is 2.12 bits per heavy atom. The zero-order valence-electron chi connectivity index (χ0n) is 18.3. The highest BCUT2D eigenvalue weighted by molar-refractivity contribution is 7.97. The number of oxime groups is 1. The third-order valence-electron chi connectivity index (χ3n) is 6.92. The Bertz CT molecular complexity index is 1030. The first-order valence-electron chi connectivity index (χ1n) is 11.8. The van der Waals surface area contributed by atoms with E-state index in [2.05, 4.69) is 32.8 Å². The Labute approximate surface area is 197 Å². The van der Waals surface area contributed by atoms with Crippen LogP contribution in [0.4, 0.5) is 0 Å². The molecule has 3 aliphatic rings. The van der Waals surface area contributed by atoms with Crippen LogP contribution in [0.1, 0.15) is 75.3 Å². The average molecular weight is 470 g/mol. The van der Waals surface area contributed by atoms with Crippen LogP contribution in [0, 0.1) is 0 Å². The molecule has 0 aliphatic heterocycles. The molecule has 5 nitrogen and oxygen atoms in total. The summed E-state index contributed by atoms with van der Waals surface area (Å²) in [6.07, 6.45) is 12.3. The fourth-order valence-electron chi connectivity index (χ4n) is 5.15. The van der Waals surface area contributed by atoms with Crippen molar-refractivity contribution in [2.45, 2.75) is 86.1 Å². The number of hydrogen-bond donors (Lipinski definition) is 3. The van der Waals surface area contributed by atoms with E-state index in [9.17, 15) is 9.42 Å². The van der Waals surface area contributed by atoms with Crippen molar-refractivity contribution in [2.24, 2.45) is 5.16 Å². The van der Waals surface area contributed by atoms with E-state index >= 15 is 0 Å². The molecule has 3 aliphatic carbocycles. The normalized spacial score (nSPS) is 21.4. The van der Waals surface area contributed by atoms with Crippen LogP contribution < -0.4 is 9.44 Å². The lowest BCUT2D eigenvalue weighted by Gasteiger charge is -2.22. The summed E-state index contributed by atoms with van der Waals surface area (Å²) in [4.78, 5) is 1.85. The maximum absolute atomic E-state index is 13.0. The summed E-state index contributed by atoms with van der Waals surface area (Å²) < 4.78 is 19.9. The van der Waals surface area contributed by atoms with E-state index in [-0.39, 0.29) is 0 Å². The molecule has 0 radical (unpaired) electrons.